The third-order valence-electron chi connectivity index (χ3n) is 3.22. The first-order valence-electron chi connectivity index (χ1n) is 7.07. The molecule has 0 fully saturated rings. The lowest BCUT2D eigenvalue weighted by molar-refractivity contribution is -0.168. The summed E-state index contributed by atoms with van der Waals surface area (Å²) < 4.78 is 0. The number of aliphatic imine (C=N–C) groups is 1. The Morgan fingerprint density at radius 2 is 1.78 bits per heavy atom. The van der Waals surface area contributed by atoms with Crippen LogP contribution in [-0.2, 0) is 9.63 Å². The average molecular weight is 318 g/mol. The van der Waals surface area contributed by atoms with Gasteiger partial charge in [-0.1, -0.05) is 17.2 Å². The molecule has 1 aliphatic rings. The Kier molecular flexibility index (Phi) is 4.95. The lowest BCUT2D eigenvalue weighted by atomic mass is 10.1. The summed E-state index contributed by atoms with van der Waals surface area (Å²) in [6.45, 7) is 0.348. The maximum Gasteiger partial charge on any atom is 0.333 e. The van der Waals surface area contributed by atoms with Crippen LogP contribution in [0, 0.1) is 0 Å². The summed E-state index contributed by atoms with van der Waals surface area (Å²) in [5.74, 6) is -1.57. The summed E-state index contributed by atoms with van der Waals surface area (Å²) in [5, 5.41) is 0.504. The molecule has 0 atom stereocenters. The van der Waals surface area contributed by atoms with E-state index in [1.807, 2.05) is 0 Å². The van der Waals surface area contributed by atoms with E-state index in [0.29, 0.717) is 24.0 Å². The zero-order chi connectivity index (χ0) is 17.0. The van der Waals surface area contributed by atoms with Crippen LogP contribution in [-0.4, -0.2) is 54.3 Å². The van der Waals surface area contributed by atoms with Crippen molar-refractivity contribution in [2.45, 2.75) is 12.8 Å². The van der Waals surface area contributed by atoms with Crippen LogP contribution in [0.5, 0.6) is 0 Å². The van der Waals surface area contributed by atoms with Gasteiger partial charge in [0.1, 0.15) is 0 Å². The largest absolute Gasteiger partial charge is 0.370 e. The van der Waals surface area contributed by atoms with Gasteiger partial charge in [-0.15, -0.1) is 0 Å². The minimum atomic E-state index is -0.668. The summed E-state index contributed by atoms with van der Waals surface area (Å²) in [6, 6.07) is 6.31. The first kappa shape index (κ1) is 16.5. The number of fused-ring (bicyclic) bond motifs is 1. The molecule has 0 spiro atoms. The van der Waals surface area contributed by atoms with Crippen LogP contribution in [0.3, 0.4) is 0 Å². The Hall–Kier alpha value is -2.90. The number of nitrogens with zero attached hydrogens (tertiary/aromatic N) is 3. The third-order valence-corrected chi connectivity index (χ3v) is 3.22. The maximum absolute atomic E-state index is 12.0. The van der Waals surface area contributed by atoms with Gasteiger partial charge in [0, 0.05) is 27.1 Å². The number of imide groups is 1. The van der Waals surface area contributed by atoms with Gasteiger partial charge in [0.2, 0.25) is 0 Å². The molecule has 1 aromatic rings. The van der Waals surface area contributed by atoms with Crippen molar-refractivity contribution in [1.29, 1.82) is 0 Å². The zero-order valence-electron chi connectivity index (χ0n) is 13.0. The van der Waals surface area contributed by atoms with Crippen molar-refractivity contribution in [3.63, 3.8) is 0 Å². The summed E-state index contributed by atoms with van der Waals surface area (Å²) in [7, 11) is 3.52. The van der Waals surface area contributed by atoms with Crippen molar-refractivity contribution in [3.8, 4) is 0 Å². The number of hydrogen-bond donors (Lipinski definition) is 1. The highest BCUT2D eigenvalue weighted by Gasteiger charge is 2.38. The highest BCUT2D eigenvalue weighted by molar-refractivity contribution is 6.20. The number of amides is 2. The number of carbonyl (C=O) groups is 3. The molecule has 0 aromatic heterocycles. The molecule has 0 radical (unpaired) electrons. The molecule has 23 heavy (non-hydrogen) atoms. The Morgan fingerprint density at radius 3 is 2.30 bits per heavy atom. The summed E-state index contributed by atoms with van der Waals surface area (Å²) in [4.78, 5) is 46.4. The average Bonchev–Trinajstić information content (AvgIpc) is 2.77. The molecule has 0 aliphatic carbocycles. The molecule has 0 unspecified atom stereocenters. The predicted molar refractivity (Wildman–Crippen MR) is 82.4 cm³/mol. The van der Waals surface area contributed by atoms with Crippen molar-refractivity contribution in [2.24, 2.45) is 10.7 Å². The monoisotopic (exact) mass is 318 g/mol. The van der Waals surface area contributed by atoms with E-state index in [-0.39, 0.29) is 17.5 Å². The lowest BCUT2D eigenvalue weighted by Gasteiger charge is -2.12. The van der Waals surface area contributed by atoms with Crippen molar-refractivity contribution >= 4 is 23.7 Å². The van der Waals surface area contributed by atoms with E-state index in [4.69, 9.17) is 10.6 Å². The molecular formula is C15H18N4O4. The van der Waals surface area contributed by atoms with Gasteiger partial charge >= 0.3 is 5.97 Å². The highest BCUT2D eigenvalue weighted by atomic mass is 16.7. The van der Waals surface area contributed by atoms with E-state index in [1.165, 1.54) is 12.1 Å². The van der Waals surface area contributed by atoms with E-state index in [0.717, 1.165) is 0 Å². The molecule has 1 aliphatic heterocycles. The molecule has 1 heterocycles. The van der Waals surface area contributed by atoms with Crippen LogP contribution < -0.4 is 5.73 Å². The molecule has 2 rings (SSSR count). The first-order valence-corrected chi connectivity index (χ1v) is 7.07. The number of carbonyl (C=O) groups excluding carboxylic acids is 3. The smallest absolute Gasteiger partial charge is 0.333 e. The first-order chi connectivity index (χ1) is 10.9. The number of rotatable bonds is 5. The molecular weight excluding hydrogens is 300 g/mol. The second kappa shape index (κ2) is 6.91. The van der Waals surface area contributed by atoms with E-state index in [9.17, 15) is 14.4 Å². The van der Waals surface area contributed by atoms with Crippen LogP contribution in [0.4, 0.5) is 0 Å². The van der Waals surface area contributed by atoms with E-state index < -0.39 is 17.8 Å². The van der Waals surface area contributed by atoms with Gasteiger partial charge in [-0.2, -0.15) is 0 Å². The molecule has 8 nitrogen and oxygen atoms in total. The van der Waals surface area contributed by atoms with Crippen molar-refractivity contribution in [2.75, 3.05) is 20.6 Å². The second-order valence-electron chi connectivity index (χ2n) is 5.15. The lowest BCUT2D eigenvalue weighted by Crippen LogP contribution is -2.32. The van der Waals surface area contributed by atoms with Gasteiger partial charge in [0.25, 0.3) is 11.8 Å². The SMILES string of the molecule is CN(C)C(N)=NCCCC(=O)ON1C(=O)c2ccccc2C1=O. The number of hydroxylamine groups is 2. The van der Waals surface area contributed by atoms with Gasteiger partial charge in [-0.25, -0.2) is 4.79 Å². The van der Waals surface area contributed by atoms with Crippen LogP contribution in [0.25, 0.3) is 0 Å². The minimum absolute atomic E-state index is 0.0254. The molecule has 2 amide bonds. The van der Waals surface area contributed by atoms with Gasteiger partial charge < -0.3 is 15.5 Å². The predicted octanol–water partition coefficient (Wildman–Crippen LogP) is 0.397. The maximum atomic E-state index is 12.0. The zero-order valence-corrected chi connectivity index (χ0v) is 13.0. The van der Waals surface area contributed by atoms with Crippen LogP contribution >= 0.6 is 0 Å². The molecule has 1 aromatic carbocycles. The Labute approximate surface area is 133 Å². The summed E-state index contributed by atoms with van der Waals surface area (Å²) in [6.07, 6.45) is 0.425. The Morgan fingerprint density at radius 1 is 1.22 bits per heavy atom. The standard InChI is InChI=1S/C15H18N4O4/c1-18(2)15(16)17-9-5-8-12(20)23-19-13(21)10-6-3-4-7-11(10)14(19)22/h3-4,6-7H,5,8-9H2,1-2H3,(H2,16,17). The number of benzene rings is 1. The number of guanidine groups is 1. The number of hydrogen-bond acceptors (Lipinski definition) is 5. The van der Waals surface area contributed by atoms with Crippen molar-refractivity contribution in [3.05, 3.63) is 35.4 Å². The molecule has 122 valence electrons. The van der Waals surface area contributed by atoms with E-state index in [2.05, 4.69) is 4.99 Å². The molecule has 8 heteroatoms. The van der Waals surface area contributed by atoms with E-state index >= 15 is 0 Å². The van der Waals surface area contributed by atoms with Crippen molar-refractivity contribution < 1.29 is 19.2 Å². The third kappa shape index (κ3) is 3.65. The van der Waals surface area contributed by atoms with Gasteiger partial charge in [-0.05, 0) is 18.6 Å². The fourth-order valence-electron chi connectivity index (χ4n) is 1.96. The quantitative estimate of drug-likeness (QED) is 0.364. The summed E-state index contributed by atoms with van der Waals surface area (Å²) in [5.41, 5.74) is 6.07. The fraction of sp³-hybridized carbons (Fsp3) is 0.333. The summed E-state index contributed by atoms with van der Waals surface area (Å²) >= 11 is 0. The number of nitrogens with two attached hydrogens (primary N) is 1. The Balaban J connectivity index is 1.86. The normalized spacial score (nSPS) is 14.0. The van der Waals surface area contributed by atoms with Gasteiger partial charge in [0.05, 0.1) is 11.1 Å². The van der Waals surface area contributed by atoms with Gasteiger partial charge in [-0.3, -0.25) is 14.6 Å². The second-order valence-corrected chi connectivity index (χ2v) is 5.15. The topological polar surface area (TPSA) is 105 Å². The Bertz CT molecular complexity index is 634. The highest BCUT2D eigenvalue weighted by Crippen LogP contribution is 2.22. The molecule has 0 saturated carbocycles. The van der Waals surface area contributed by atoms with Crippen LogP contribution in [0.15, 0.2) is 29.3 Å². The van der Waals surface area contributed by atoms with Crippen LogP contribution in [0.1, 0.15) is 33.6 Å². The molecule has 2 N–H and O–H groups in total. The van der Waals surface area contributed by atoms with Crippen LogP contribution in [0.2, 0.25) is 0 Å². The van der Waals surface area contributed by atoms with Gasteiger partial charge in [0.15, 0.2) is 5.96 Å². The van der Waals surface area contributed by atoms with E-state index in [1.54, 1.807) is 31.1 Å². The molecule has 0 saturated heterocycles. The minimum Gasteiger partial charge on any atom is -0.370 e. The molecule has 0 bridgehead atoms. The fourth-order valence-corrected chi connectivity index (χ4v) is 1.96. The van der Waals surface area contributed by atoms with Crippen molar-refractivity contribution in [1.82, 2.24) is 9.96 Å².